The first-order valence-electron chi connectivity index (χ1n) is 4.03. The highest BCUT2D eigenvalue weighted by Crippen LogP contribution is 2.26. The molecule has 0 aliphatic carbocycles. The summed E-state index contributed by atoms with van der Waals surface area (Å²) in [5.74, 6) is 0. The Hall–Kier alpha value is -0.480. The minimum atomic E-state index is -0.273. The second-order valence-electron chi connectivity index (χ2n) is 3.52. The van der Waals surface area contributed by atoms with Crippen LogP contribution in [0, 0.1) is 0 Å². The fraction of sp³-hybridized carbons (Fsp3) is 0.444. The van der Waals surface area contributed by atoms with Crippen LogP contribution in [0.2, 0.25) is 0 Å². The Bertz CT molecular complexity index is 280. The van der Waals surface area contributed by atoms with E-state index in [9.17, 15) is 4.79 Å². The Morgan fingerprint density at radius 3 is 2.85 bits per heavy atom. The van der Waals surface area contributed by atoms with Gasteiger partial charge in [-0.2, -0.15) is 0 Å². The number of hydrogen-bond donors (Lipinski definition) is 2. The van der Waals surface area contributed by atoms with Gasteiger partial charge in [0, 0.05) is 16.8 Å². The zero-order chi connectivity index (χ0) is 9.90. The number of carbonyl (C=O) groups excluding carboxylic acids is 1. The highest BCUT2D eigenvalue weighted by Gasteiger charge is 2.21. The lowest BCUT2D eigenvalue weighted by Crippen LogP contribution is -2.33. The number of amides is 1. The molecule has 1 amide bonds. The summed E-state index contributed by atoms with van der Waals surface area (Å²) in [5.41, 5.74) is -0.00738. The molecule has 1 heterocycles. The molecule has 1 aromatic heterocycles. The molecule has 4 heteroatoms. The zero-order valence-electron chi connectivity index (χ0n) is 7.70. The van der Waals surface area contributed by atoms with Crippen LogP contribution >= 0.6 is 24.0 Å². The lowest BCUT2D eigenvalue weighted by Gasteiger charge is -2.22. The van der Waals surface area contributed by atoms with Crippen LogP contribution in [-0.4, -0.2) is 11.8 Å². The third-order valence-corrected chi connectivity index (χ3v) is 3.26. The lowest BCUT2D eigenvalue weighted by molar-refractivity contribution is 0.259. The highest BCUT2D eigenvalue weighted by molar-refractivity contribution is 7.96. The third kappa shape index (κ3) is 3.04. The molecule has 0 atom stereocenters. The molecule has 0 saturated heterocycles. The highest BCUT2D eigenvalue weighted by atomic mass is 32.1. The average Bonchev–Trinajstić information content (AvgIpc) is 2.53. The SMILES string of the molecule is CC(C)(CNC(=O)S)c1cccs1. The van der Waals surface area contributed by atoms with Crippen LogP contribution in [0.5, 0.6) is 0 Å². The van der Waals surface area contributed by atoms with Crippen molar-refractivity contribution in [1.82, 2.24) is 5.32 Å². The van der Waals surface area contributed by atoms with Crippen molar-refractivity contribution in [2.45, 2.75) is 19.3 Å². The number of hydrogen-bond acceptors (Lipinski definition) is 2. The van der Waals surface area contributed by atoms with Crippen molar-refractivity contribution < 1.29 is 4.79 Å². The van der Waals surface area contributed by atoms with Crippen LogP contribution in [0.3, 0.4) is 0 Å². The number of nitrogens with one attached hydrogen (secondary N) is 1. The number of thiophene rings is 1. The van der Waals surface area contributed by atoms with E-state index in [0.717, 1.165) is 0 Å². The molecule has 0 saturated carbocycles. The first kappa shape index (κ1) is 10.6. The van der Waals surface area contributed by atoms with Crippen molar-refractivity contribution in [1.29, 1.82) is 0 Å². The van der Waals surface area contributed by atoms with Gasteiger partial charge in [-0.15, -0.1) is 11.3 Å². The first-order valence-corrected chi connectivity index (χ1v) is 5.36. The van der Waals surface area contributed by atoms with Crippen molar-refractivity contribution in [3.63, 3.8) is 0 Å². The number of rotatable bonds is 3. The molecule has 13 heavy (non-hydrogen) atoms. The van der Waals surface area contributed by atoms with E-state index >= 15 is 0 Å². The summed E-state index contributed by atoms with van der Waals surface area (Å²) in [5, 5.41) is 4.47. The maximum atomic E-state index is 10.6. The van der Waals surface area contributed by atoms with Gasteiger partial charge in [0.15, 0.2) is 0 Å². The van der Waals surface area contributed by atoms with Crippen molar-refractivity contribution in [3.8, 4) is 0 Å². The third-order valence-electron chi connectivity index (χ3n) is 1.87. The minimum Gasteiger partial charge on any atom is -0.346 e. The topological polar surface area (TPSA) is 29.1 Å². The number of thiol groups is 1. The van der Waals surface area contributed by atoms with Gasteiger partial charge in [0.25, 0.3) is 5.24 Å². The average molecular weight is 215 g/mol. The molecule has 0 radical (unpaired) electrons. The largest absolute Gasteiger partial charge is 0.346 e. The first-order chi connectivity index (χ1) is 6.02. The molecular weight excluding hydrogens is 202 g/mol. The number of carbonyl (C=O) groups is 1. The van der Waals surface area contributed by atoms with Gasteiger partial charge in [0.2, 0.25) is 0 Å². The van der Waals surface area contributed by atoms with Crippen LogP contribution < -0.4 is 5.32 Å². The summed E-state index contributed by atoms with van der Waals surface area (Å²) < 4.78 is 0. The molecule has 2 nitrogen and oxygen atoms in total. The van der Waals surface area contributed by atoms with E-state index in [2.05, 4.69) is 37.9 Å². The minimum absolute atomic E-state index is 0.00738. The molecule has 1 rings (SSSR count). The summed E-state index contributed by atoms with van der Waals surface area (Å²) in [7, 11) is 0. The van der Waals surface area contributed by atoms with Gasteiger partial charge >= 0.3 is 0 Å². The fourth-order valence-electron chi connectivity index (χ4n) is 1.05. The van der Waals surface area contributed by atoms with Gasteiger partial charge in [-0.1, -0.05) is 32.5 Å². The van der Waals surface area contributed by atoms with Crippen molar-refractivity contribution in [2.75, 3.05) is 6.54 Å². The molecule has 0 aromatic carbocycles. The van der Waals surface area contributed by atoms with Gasteiger partial charge in [-0.05, 0) is 11.4 Å². The maximum Gasteiger partial charge on any atom is 0.276 e. The lowest BCUT2D eigenvalue weighted by atomic mass is 9.92. The predicted octanol–water partition coefficient (Wildman–Crippen LogP) is 2.67. The summed E-state index contributed by atoms with van der Waals surface area (Å²) in [4.78, 5) is 11.9. The van der Waals surface area contributed by atoms with E-state index in [0.29, 0.717) is 6.54 Å². The Morgan fingerprint density at radius 1 is 1.69 bits per heavy atom. The maximum absolute atomic E-state index is 10.6. The normalized spacial score (nSPS) is 11.3. The van der Waals surface area contributed by atoms with Gasteiger partial charge in [0.05, 0.1) is 0 Å². The van der Waals surface area contributed by atoms with E-state index < -0.39 is 0 Å². The Morgan fingerprint density at radius 2 is 2.38 bits per heavy atom. The summed E-state index contributed by atoms with van der Waals surface area (Å²) in [6, 6.07) is 4.10. The standard InChI is InChI=1S/C9H13NOS2/c1-9(2,6-10-8(11)12)7-4-3-5-13-7/h3-5H,6H2,1-2H3,(H2,10,11,12). The van der Waals surface area contributed by atoms with E-state index in [-0.39, 0.29) is 10.7 Å². The molecule has 0 spiro atoms. The second-order valence-corrected chi connectivity index (χ2v) is 4.87. The van der Waals surface area contributed by atoms with Gasteiger partial charge in [-0.25, -0.2) is 0 Å². The Balaban J connectivity index is 2.61. The van der Waals surface area contributed by atoms with Crippen LogP contribution in [0.1, 0.15) is 18.7 Å². The molecule has 0 unspecified atom stereocenters. The van der Waals surface area contributed by atoms with E-state index in [1.807, 2.05) is 11.4 Å². The van der Waals surface area contributed by atoms with Gasteiger partial charge in [0.1, 0.15) is 0 Å². The van der Waals surface area contributed by atoms with Gasteiger partial charge < -0.3 is 5.32 Å². The van der Waals surface area contributed by atoms with Crippen LogP contribution in [0.15, 0.2) is 17.5 Å². The summed E-state index contributed by atoms with van der Waals surface area (Å²) >= 11 is 5.37. The zero-order valence-corrected chi connectivity index (χ0v) is 9.41. The Kier molecular flexibility index (Phi) is 3.39. The van der Waals surface area contributed by atoms with Crippen molar-refractivity contribution in [3.05, 3.63) is 22.4 Å². The molecule has 72 valence electrons. The van der Waals surface area contributed by atoms with Crippen LogP contribution in [0.4, 0.5) is 4.79 Å². The van der Waals surface area contributed by atoms with E-state index in [1.54, 1.807) is 11.3 Å². The van der Waals surface area contributed by atoms with E-state index in [4.69, 9.17) is 0 Å². The second kappa shape index (κ2) is 4.15. The predicted molar refractivity (Wildman–Crippen MR) is 59.7 cm³/mol. The molecule has 1 aromatic rings. The fourth-order valence-corrected chi connectivity index (χ4v) is 1.98. The molecule has 0 aliphatic heterocycles. The molecule has 0 fully saturated rings. The summed E-state index contributed by atoms with van der Waals surface area (Å²) in [6.45, 7) is 4.82. The van der Waals surface area contributed by atoms with Crippen molar-refractivity contribution >= 4 is 29.2 Å². The van der Waals surface area contributed by atoms with Gasteiger partial charge in [-0.3, -0.25) is 4.79 Å². The Labute approximate surface area is 87.8 Å². The molecule has 1 N–H and O–H groups in total. The monoisotopic (exact) mass is 215 g/mol. The molecule has 0 bridgehead atoms. The van der Waals surface area contributed by atoms with Crippen LogP contribution in [0.25, 0.3) is 0 Å². The van der Waals surface area contributed by atoms with E-state index in [1.165, 1.54) is 4.88 Å². The molecular formula is C9H13NOS2. The summed E-state index contributed by atoms with van der Waals surface area (Å²) in [6.07, 6.45) is 0. The molecule has 0 aliphatic rings. The smallest absolute Gasteiger partial charge is 0.276 e. The quantitative estimate of drug-likeness (QED) is 0.746. The van der Waals surface area contributed by atoms with Crippen LogP contribution in [-0.2, 0) is 5.41 Å². The van der Waals surface area contributed by atoms with Crippen molar-refractivity contribution in [2.24, 2.45) is 0 Å².